The van der Waals surface area contributed by atoms with Gasteiger partial charge in [0.15, 0.2) is 10.8 Å². The van der Waals surface area contributed by atoms with Crippen LogP contribution in [0.5, 0.6) is 0 Å². The maximum atomic E-state index is 12.8. The van der Waals surface area contributed by atoms with Gasteiger partial charge in [0.2, 0.25) is 0 Å². The predicted molar refractivity (Wildman–Crippen MR) is 127 cm³/mol. The maximum Gasteiger partial charge on any atom is 0.330 e. The largest absolute Gasteiger partial charge is 0.383 e. The second-order valence-corrected chi connectivity index (χ2v) is 8.17. The fourth-order valence-corrected chi connectivity index (χ4v) is 4.33. The number of aromatic nitrogens is 2. The SMILES string of the molecule is CCCCn1c(N)c(N(C(=S)Nc2ccc(CC)cc2)C2CCCC2)c(=O)[nH]c1=O. The number of nitrogen functional groups attached to an aromatic ring is 1. The van der Waals surface area contributed by atoms with Crippen LogP contribution in [-0.4, -0.2) is 20.7 Å². The Hall–Kier alpha value is -2.61. The number of unbranched alkanes of at least 4 members (excludes halogenated alkanes) is 1. The van der Waals surface area contributed by atoms with Crippen LogP contribution in [0.1, 0.15) is 57.9 Å². The van der Waals surface area contributed by atoms with Crippen LogP contribution in [0.4, 0.5) is 17.2 Å². The third kappa shape index (κ3) is 4.75. The van der Waals surface area contributed by atoms with E-state index >= 15 is 0 Å². The number of anilines is 3. The Balaban J connectivity index is 2.00. The lowest BCUT2D eigenvalue weighted by atomic mass is 10.1. The summed E-state index contributed by atoms with van der Waals surface area (Å²) in [5.41, 5.74) is 7.76. The highest BCUT2D eigenvalue weighted by Gasteiger charge is 2.30. The Morgan fingerprint density at radius 3 is 2.50 bits per heavy atom. The number of nitrogens with zero attached hydrogens (tertiary/aromatic N) is 2. The monoisotopic (exact) mass is 429 g/mol. The zero-order valence-electron chi connectivity index (χ0n) is 17.7. The van der Waals surface area contributed by atoms with Crippen molar-refractivity contribution in [3.8, 4) is 0 Å². The van der Waals surface area contributed by atoms with Crippen molar-refractivity contribution in [1.82, 2.24) is 9.55 Å². The molecule has 1 aliphatic carbocycles. The number of nitrogens with one attached hydrogen (secondary N) is 2. The van der Waals surface area contributed by atoms with Crippen molar-refractivity contribution >= 4 is 34.5 Å². The van der Waals surface area contributed by atoms with Crippen LogP contribution in [0.2, 0.25) is 0 Å². The van der Waals surface area contributed by atoms with Gasteiger partial charge in [-0.15, -0.1) is 0 Å². The van der Waals surface area contributed by atoms with E-state index in [-0.39, 0.29) is 17.5 Å². The minimum Gasteiger partial charge on any atom is -0.383 e. The van der Waals surface area contributed by atoms with Gasteiger partial charge in [-0.25, -0.2) is 4.79 Å². The molecule has 1 aliphatic rings. The highest BCUT2D eigenvalue weighted by Crippen LogP contribution is 2.30. The number of hydrogen-bond donors (Lipinski definition) is 3. The molecule has 0 atom stereocenters. The van der Waals surface area contributed by atoms with Crippen LogP contribution in [-0.2, 0) is 13.0 Å². The molecule has 1 fully saturated rings. The maximum absolute atomic E-state index is 12.8. The molecular weight excluding hydrogens is 398 g/mol. The predicted octanol–water partition coefficient (Wildman–Crippen LogP) is 3.63. The van der Waals surface area contributed by atoms with Gasteiger partial charge in [0.25, 0.3) is 5.56 Å². The number of hydrogen-bond acceptors (Lipinski definition) is 4. The number of aromatic amines is 1. The molecule has 0 bridgehead atoms. The molecule has 7 nitrogen and oxygen atoms in total. The molecule has 3 rings (SSSR count). The van der Waals surface area contributed by atoms with Crippen molar-refractivity contribution < 1.29 is 0 Å². The Morgan fingerprint density at radius 1 is 1.23 bits per heavy atom. The fraction of sp³-hybridized carbons (Fsp3) is 0.500. The number of rotatable bonds is 7. The van der Waals surface area contributed by atoms with Crippen molar-refractivity contribution in [3.63, 3.8) is 0 Å². The second-order valence-electron chi connectivity index (χ2n) is 7.79. The molecule has 4 N–H and O–H groups in total. The molecule has 162 valence electrons. The lowest BCUT2D eigenvalue weighted by Crippen LogP contribution is -2.47. The Morgan fingerprint density at radius 2 is 1.90 bits per heavy atom. The minimum atomic E-state index is -0.498. The van der Waals surface area contributed by atoms with Gasteiger partial charge >= 0.3 is 5.69 Å². The number of nitrogens with two attached hydrogens (primary N) is 1. The molecule has 2 aromatic rings. The van der Waals surface area contributed by atoms with Crippen LogP contribution >= 0.6 is 12.2 Å². The third-order valence-electron chi connectivity index (χ3n) is 5.71. The molecule has 0 spiro atoms. The van der Waals surface area contributed by atoms with Crippen molar-refractivity contribution in [2.75, 3.05) is 16.0 Å². The molecule has 8 heteroatoms. The molecular formula is C22H31N5O2S. The molecule has 0 radical (unpaired) electrons. The van der Waals surface area contributed by atoms with Crippen LogP contribution in [0.25, 0.3) is 0 Å². The quantitative estimate of drug-likeness (QED) is 0.582. The van der Waals surface area contributed by atoms with E-state index < -0.39 is 11.2 Å². The van der Waals surface area contributed by atoms with E-state index in [9.17, 15) is 9.59 Å². The second kappa shape index (κ2) is 9.93. The van der Waals surface area contributed by atoms with Crippen molar-refractivity contribution in [3.05, 3.63) is 50.7 Å². The van der Waals surface area contributed by atoms with Gasteiger partial charge in [-0.05, 0) is 55.6 Å². The number of aryl methyl sites for hydroxylation is 1. The average molecular weight is 430 g/mol. The first kappa shape index (κ1) is 22.1. The molecule has 1 heterocycles. The summed E-state index contributed by atoms with van der Waals surface area (Å²) in [7, 11) is 0. The number of H-pyrrole nitrogens is 1. The van der Waals surface area contributed by atoms with E-state index in [4.69, 9.17) is 18.0 Å². The van der Waals surface area contributed by atoms with Crippen LogP contribution in [0.15, 0.2) is 33.9 Å². The van der Waals surface area contributed by atoms with Crippen LogP contribution in [0.3, 0.4) is 0 Å². The molecule has 1 aromatic heterocycles. The summed E-state index contributed by atoms with van der Waals surface area (Å²) in [6, 6.07) is 8.13. The standard InChI is InChI=1S/C22H31N5O2S/c1-3-5-14-26-19(23)18(20(28)25-21(26)29)27(17-8-6-7-9-17)22(30)24-16-12-10-15(4-2)11-13-16/h10-13,17H,3-9,14,23H2,1-2H3,(H,24,30)(H,25,28,29). The molecule has 0 unspecified atom stereocenters. The normalized spacial score (nSPS) is 14.1. The molecule has 1 saturated carbocycles. The molecule has 1 aromatic carbocycles. The average Bonchev–Trinajstić information content (AvgIpc) is 3.25. The van der Waals surface area contributed by atoms with Gasteiger partial charge in [0.05, 0.1) is 0 Å². The summed E-state index contributed by atoms with van der Waals surface area (Å²) in [4.78, 5) is 29.5. The van der Waals surface area contributed by atoms with Crippen LogP contribution < -0.4 is 27.2 Å². The van der Waals surface area contributed by atoms with E-state index in [2.05, 4.69) is 29.4 Å². The third-order valence-corrected chi connectivity index (χ3v) is 6.01. The Labute approximate surface area is 182 Å². The first-order valence-electron chi connectivity index (χ1n) is 10.8. The molecule has 30 heavy (non-hydrogen) atoms. The first-order chi connectivity index (χ1) is 14.5. The summed E-state index contributed by atoms with van der Waals surface area (Å²) in [5.74, 6) is 0.176. The van der Waals surface area contributed by atoms with Gasteiger partial charge < -0.3 is 16.0 Å². The minimum absolute atomic E-state index is 0.0699. The summed E-state index contributed by atoms with van der Waals surface area (Å²) >= 11 is 5.74. The van der Waals surface area contributed by atoms with Gasteiger partial charge in [-0.1, -0.05) is 45.2 Å². The Bertz CT molecular complexity index is 990. The number of thiocarbonyl (C=S) groups is 1. The van der Waals surface area contributed by atoms with Gasteiger partial charge in [-0.3, -0.25) is 14.3 Å². The van der Waals surface area contributed by atoms with E-state index in [1.165, 1.54) is 10.1 Å². The van der Waals surface area contributed by atoms with Crippen LogP contribution in [0, 0.1) is 0 Å². The van der Waals surface area contributed by atoms with Crippen molar-refractivity contribution in [2.24, 2.45) is 0 Å². The van der Waals surface area contributed by atoms with E-state index in [1.54, 1.807) is 0 Å². The molecule has 0 saturated heterocycles. The van der Waals surface area contributed by atoms with Gasteiger partial charge in [-0.2, -0.15) is 0 Å². The van der Waals surface area contributed by atoms with E-state index in [0.29, 0.717) is 11.7 Å². The molecule has 0 amide bonds. The van der Waals surface area contributed by atoms with Gasteiger partial charge in [0.1, 0.15) is 5.82 Å². The molecule has 0 aliphatic heterocycles. The fourth-order valence-electron chi connectivity index (χ4n) is 3.97. The first-order valence-corrected chi connectivity index (χ1v) is 11.2. The summed E-state index contributed by atoms with van der Waals surface area (Å²) in [5, 5.41) is 3.68. The highest BCUT2D eigenvalue weighted by atomic mass is 32.1. The summed E-state index contributed by atoms with van der Waals surface area (Å²) < 4.78 is 1.45. The zero-order valence-corrected chi connectivity index (χ0v) is 18.6. The Kier molecular flexibility index (Phi) is 7.31. The van der Waals surface area contributed by atoms with Crippen molar-refractivity contribution in [2.45, 2.75) is 71.4 Å². The van der Waals surface area contributed by atoms with Gasteiger partial charge in [0, 0.05) is 18.3 Å². The lowest BCUT2D eigenvalue weighted by molar-refractivity contribution is 0.601. The van der Waals surface area contributed by atoms with E-state index in [0.717, 1.165) is 50.6 Å². The zero-order chi connectivity index (χ0) is 21.7. The lowest BCUT2D eigenvalue weighted by Gasteiger charge is -2.32. The van der Waals surface area contributed by atoms with Crippen molar-refractivity contribution in [1.29, 1.82) is 0 Å². The smallest absolute Gasteiger partial charge is 0.330 e. The van der Waals surface area contributed by atoms with E-state index in [1.807, 2.05) is 24.0 Å². The summed E-state index contributed by atoms with van der Waals surface area (Å²) in [6.45, 7) is 4.61. The number of benzene rings is 1. The highest BCUT2D eigenvalue weighted by molar-refractivity contribution is 7.80. The topological polar surface area (TPSA) is 96.2 Å². The summed E-state index contributed by atoms with van der Waals surface area (Å²) in [6.07, 6.45) is 6.66.